The first-order valence-electron chi connectivity index (χ1n) is 6.36. The van der Waals surface area contributed by atoms with Crippen molar-refractivity contribution in [1.29, 1.82) is 0 Å². The molecule has 0 aliphatic carbocycles. The van der Waals surface area contributed by atoms with E-state index in [0.29, 0.717) is 11.6 Å². The Morgan fingerprint density at radius 2 is 2.17 bits per heavy atom. The van der Waals surface area contributed by atoms with Crippen molar-refractivity contribution in [2.24, 2.45) is 0 Å². The van der Waals surface area contributed by atoms with Gasteiger partial charge < -0.3 is 4.90 Å². The molecule has 18 heavy (non-hydrogen) atoms. The summed E-state index contributed by atoms with van der Waals surface area (Å²) >= 11 is 6.02. The van der Waals surface area contributed by atoms with Gasteiger partial charge in [-0.05, 0) is 38.0 Å². The number of amides is 1. The van der Waals surface area contributed by atoms with Gasteiger partial charge in [0.1, 0.15) is 6.17 Å². The zero-order valence-electron chi connectivity index (χ0n) is 11.0. The lowest BCUT2D eigenvalue weighted by Crippen LogP contribution is -2.42. The number of benzene rings is 1. The highest BCUT2D eigenvalue weighted by Crippen LogP contribution is 2.32. The van der Waals surface area contributed by atoms with E-state index in [1.54, 1.807) is 0 Å². The molecule has 1 heterocycles. The van der Waals surface area contributed by atoms with E-state index in [2.05, 4.69) is 5.32 Å². The Morgan fingerprint density at radius 1 is 1.44 bits per heavy atom. The molecule has 1 aromatic carbocycles. The molecule has 1 fully saturated rings. The highest BCUT2D eigenvalue weighted by atomic mass is 35.5. The van der Waals surface area contributed by atoms with Gasteiger partial charge in [0.05, 0.1) is 5.54 Å². The van der Waals surface area contributed by atoms with Crippen LogP contribution < -0.4 is 5.32 Å². The van der Waals surface area contributed by atoms with Crippen molar-refractivity contribution >= 4 is 17.5 Å². The van der Waals surface area contributed by atoms with E-state index in [-0.39, 0.29) is 12.1 Å². The average molecular weight is 267 g/mol. The van der Waals surface area contributed by atoms with Crippen LogP contribution in [-0.2, 0) is 4.79 Å². The maximum absolute atomic E-state index is 12.4. The molecule has 1 saturated heterocycles. The van der Waals surface area contributed by atoms with E-state index < -0.39 is 5.54 Å². The Hall–Kier alpha value is -1.06. The van der Waals surface area contributed by atoms with Crippen LogP contribution >= 0.6 is 11.6 Å². The predicted molar refractivity (Wildman–Crippen MR) is 73.4 cm³/mol. The molecule has 1 N–H and O–H groups in total. The van der Waals surface area contributed by atoms with Crippen molar-refractivity contribution in [3.05, 3.63) is 34.9 Å². The van der Waals surface area contributed by atoms with Crippen LogP contribution in [0.25, 0.3) is 0 Å². The Bertz CT molecular complexity index is 463. The van der Waals surface area contributed by atoms with Crippen LogP contribution in [0.15, 0.2) is 24.3 Å². The molecule has 2 atom stereocenters. The monoisotopic (exact) mass is 266 g/mol. The van der Waals surface area contributed by atoms with Crippen LogP contribution in [0.3, 0.4) is 0 Å². The summed E-state index contributed by atoms with van der Waals surface area (Å²) in [6.45, 7) is 6.68. The molecule has 0 saturated carbocycles. The van der Waals surface area contributed by atoms with E-state index >= 15 is 0 Å². The molecule has 4 heteroatoms. The summed E-state index contributed by atoms with van der Waals surface area (Å²) in [6, 6.07) is 7.67. The number of nitrogens with zero attached hydrogens (tertiary/aromatic N) is 1. The normalized spacial score (nSPS) is 27.9. The lowest BCUT2D eigenvalue weighted by molar-refractivity contribution is -0.132. The van der Waals surface area contributed by atoms with Crippen LogP contribution in [-0.4, -0.2) is 22.9 Å². The summed E-state index contributed by atoms with van der Waals surface area (Å²) in [5.41, 5.74) is 0.568. The molecule has 0 aromatic heterocycles. The molecule has 0 radical (unpaired) electrons. The van der Waals surface area contributed by atoms with Gasteiger partial charge in [-0.15, -0.1) is 0 Å². The second-order valence-electron chi connectivity index (χ2n) is 4.88. The molecule has 2 rings (SSSR count). The fourth-order valence-electron chi connectivity index (χ4n) is 2.40. The van der Waals surface area contributed by atoms with E-state index in [1.165, 1.54) is 0 Å². The first kappa shape index (κ1) is 13.4. The summed E-state index contributed by atoms with van der Waals surface area (Å²) in [4.78, 5) is 14.3. The SMILES string of the molecule is CCN1C(=O)C(C)(CC)NC1c1cccc(Cl)c1. The molecule has 1 aliphatic heterocycles. The number of halogens is 1. The van der Waals surface area contributed by atoms with Crippen LogP contribution in [0.1, 0.15) is 38.9 Å². The topological polar surface area (TPSA) is 32.3 Å². The van der Waals surface area contributed by atoms with E-state index in [9.17, 15) is 4.79 Å². The zero-order valence-corrected chi connectivity index (χ0v) is 11.8. The minimum absolute atomic E-state index is 0.0776. The van der Waals surface area contributed by atoms with Crippen LogP contribution in [0.4, 0.5) is 0 Å². The molecule has 0 bridgehead atoms. The molecule has 2 unspecified atom stereocenters. The highest BCUT2D eigenvalue weighted by Gasteiger charge is 2.46. The number of carbonyl (C=O) groups excluding carboxylic acids is 1. The van der Waals surface area contributed by atoms with Gasteiger partial charge in [-0.25, -0.2) is 0 Å². The third kappa shape index (κ3) is 2.13. The second kappa shape index (κ2) is 4.90. The lowest BCUT2D eigenvalue weighted by Gasteiger charge is -2.22. The van der Waals surface area contributed by atoms with Gasteiger partial charge in [-0.3, -0.25) is 10.1 Å². The third-order valence-corrected chi connectivity index (χ3v) is 3.95. The summed E-state index contributed by atoms with van der Waals surface area (Å²) in [6.07, 6.45) is 0.700. The molecule has 98 valence electrons. The largest absolute Gasteiger partial charge is 0.322 e. The van der Waals surface area contributed by atoms with E-state index in [4.69, 9.17) is 11.6 Å². The number of hydrogen-bond donors (Lipinski definition) is 1. The Morgan fingerprint density at radius 3 is 2.72 bits per heavy atom. The smallest absolute Gasteiger partial charge is 0.244 e. The van der Waals surface area contributed by atoms with Crippen molar-refractivity contribution in [2.45, 2.75) is 38.9 Å². The van der Waals surface area contributed by atoms with E-state index in [0.717, 1.165) is 12.0 Å². The molecular formula is C14H19ClN2O. The van der Waals surface area contributed by atoms with Crippen LogP contribution in [0, 0.1) is 0 Å². The summed E-state index contributed by atoms with van der Waals surface area (Å²) in [5, 5.41) is 4.13. The molecule has 1 aliphatic rings. The summed E-state index contributed by atoms with van der Waals surface area (Å²) < 4.78 is 0. The number of hydrogen-bond acceptors (Lipinski definition) is 2. The van der Waals surface area contributed by atoms with Gasteiger partial charge in [0.25, 0.3) is 0 Å². The lowest BCUT2D eigenvalue weighted by atomic mass is 9.99. The highest BCUT2D eigenvalue weighted by molar-refractivity contribution is 6.30. The van der Waals surface area contributed by atoms with E-state index in [1.807, 2.05) is 49.9 Å². The number of rotatable bonds is 3. The average Bonchev–Trinajstić information content (AvgIpc) is 2.63. The molecule has 1 aromatic rings. The Balaban J connectivity index is 2.36. The van der Waals surface area contributed by atoms with Crippen molar-refractivity contribution in [2.75, 3.05) is 6.54 Å². The van der Waals surface area contributed by atoms with Crippen molar-refractivity contribution < 1.29 is 4.79 Å². The Kier molecular flexibility index (Phi) is 3.64. The fraction of sp³-hybridized carbons (Fsp3) is 0.500. The number of carbonyl (C=O) groups is 1. The second-order valence-corrected chi connectivity index (χ2v) is 5.32. The van der Waals surface area contributed by atoms with Crippen molar-refractivity contribution in [1.82, 2.24) is 10.2 Å². The zero-order chi connectivity index (χ0) is 13.3. The van der Waals surface area contributed by atoms with Crippen molar-refractivity contribution in [3.8, 4) is 0 Å². The Labute approximate surface area is 113 Å². The minimum atomic E-state index is -0.469. The first-order valence-corrected chi connectivity index (χ1v) is 6.74. The van der Waals surface area contributed by atoms with Gasteiger partial charge >= 0.3 is 0 Å². The van der Waals surface area contributed by atoms with Gasteiger partial charge in [0.2, 0.25) is 5.91 Å². The molecule has 1 amide bonds. The minimum Gasteiger partial charge on any atom is -0.322 e. The first-order chi connectivity index (χ1) is 8.51. The number of nitrogens with one attached hydrogen (secondary N) is 1. The predicted octanol–water partition coefficient (Wildman–Crippen LogP) is 2.96. The van der Waals surface area contributed by atoms with Crippen LogP contribution in [0.5, 0.6) is 0 Å². The third-order valence-electron chi connectivity index (χ3n) is 3.71. The maximum atomic E-state index is 12.4. The molecule has 0 spiro atoms. The van der Waals surface area contributed by atoms with Gasteiger partial charge in [-0.1, -0.05) is 30.7 Å². The number of likely N-dealkylation sites (N-methyl/N-ethyl adjacent to an activating group) is 1. The summed E-state index contributed by atoms with van der Waals surface area (Å²) in [5.74, 6) is 0.164. The van der Waals surface area contributed by atoms with Gasteiger partial charge in [-0.2, -0.15) is 0 Å². The van der Waals surface area contributed by atoms with Gasteiger partial charge in [0.15, 0.2) is 0 Å². The quantitative estimate of drug-likeness (QED) is 0.912. The van der Waals surface area contributed by atoms with Crippen molar-refractivity contribution in [3.63, 3.8) is 0 Å². The summed E-state index contributed by atoms with van der Waals surface area (Å²) in [7, 11) is 0. The van der Waals surface area contributed by atoms with Crippen LogP contribution in [0.2, 0.25) is 5.02 Å². The maximum Gasteiger partial charge on any atom is 0.244 e. The standard InChI is InChI=1S/C14H19ClN2O/c1-4-14(3)13(18)17(5-2)12(16-14)10-7-6-8-11(15)9-10/h6-9,12,16H,4-5H2,1-3H3. The van der Waals surface area contributed by atoms with Gasteiger partial charge in [0, 0.05) is 11.6 Å². The molecule has 3 nitrogen and oxygen atoms in total. The molecular weight excluding hydrogens is 248 g/mol. The fourth-order valence-corrected chi connectivity index (χ4v) is 2.59.